The lowest BCUT2D eigenvalue weighted by molar-refractivity contribution is -0.143. The van der Waals surface area contributed by atoms with Crippen molar-refractivity contribution in [2.75, 3.05) is 13.7 Å². The average molecular weight is 376 g/mol. The van der Waals surface area contributed by atoms with Crippen LogP contribution in [0.25, 0.3) is 18.2 Å². The molecule has 0 saturated carbocycles. The van der Waals surface area contributed by atoms with Crippen LogP contribution >= 0.6 is 11.6 Å². The molecule has 136 valence electrons. The van der Waals surface area contributed by atoms with Crippen LogP contribution in [0.15, 0.2) is 24.3 Å². The summed E-state index contributed by atoms with van der Waals surface area (Å²) >= 11 is 5.82. The third kappa shape index (κ3) is 3.57. The fourth-order valence-electron chi connectivity index (χ4n) is 2.97. The Morgan fingerprint density at radius 2 is 2.31 bits per heavy atom. The summed E-state index contributed by atoms with van der Waals surface area (Å²) in [5, 5.41) is 0.0700. The standard InChI is InChI=1S/C19H19ClFN3O2/c1-26-19(25)13-5-7-16-15(11-13)23-17(24(16)10-9-22)8-6-12-3-2-4-14(20)18(12)21/h2-8,13H,9-11,22H2,1H3/b8-6+. The first-order valence-corrected chi connectivity index (χ1v) is 8.60. The molecule has 1 aliphatic carbocycles. The predicted octanol–water partition coefficient (Wildman–Crippen LogP) is 3.16. The van der Waals surface area contributed by atoms with Crippen LogP contribution in [0.2, 0.25) is 5.02 Å². The van der Waals surface area contributed by atoms with Gasteiger partial charge in [-0.25, -0.2) is 9.37 Å². The lowest BCUT2D eigenvalue weighted by Crippen LogP contribution is -2.20. The number of hydrogen-bond donors (Lipinski definition) is 1. The van der Waals surface area contributed by atoms with E-state index in [9.17, 15) is 9.18 Å². The first-order valence-electron chi connectivity index (χ1n) is 8.22. The number of esters is 1. The van der Waals surface area contributed by atoms with E-state index in [1.54, 1.807) is 24.3 Å². The summed E-state index contributed by atoms with van der Waals surface area (Å²) in [6.45, 7) is 0.997. The molecule has 0 amide bonds. The largest absolute Gasteiger partial charge is 0.469 e. The highest BCUT2D eigenvalue weighted by molar-refractivity contribution is 6.30. The second-order valence-electron chi connectivity index (χ2n) is 5.91. The van der Waals surface area contributed by atoms with E-state index in [0.29, 0.717) is 30.9 Å². The smallest absolute Gasteiger partial charge is 0.312 e. The van der Waals surface area contributed by atoms with Crippen LogP contribution in [0.3, 0.4) is 0 Å². The molecule has 1 unspecified atom stereocenters. The Kier molecular flexibility index (Phi) is 5.54. The van der Waals surface area contributed by atoms with E-state index in [4.69, 9.17) is 22.1 Å². The van der Waals surface area contributed by atoms with E-state index in [1.165, 1.54) is 13.2 Å². The molecule has 5 nitrogen and oxygen atoms in total. The van der Waals surface area contributed by atoms with E-state index in [0.717, 1.165) is 11.4 Å². The third-order valence-electron chi connectivity index (χ3n) is 4.26. The Morgan fingerprint density at radius 3 is 3.04 bits per heavy atom. The number of benzene rings is 1. The molecule has 3 rings (SSSR count). The van der Waals surface area contributed by atoms with Crippen molar-refractivity contribution in [3.05, 3.63) is 57.9 Å². The second kappa shape index (κ2) is 7.85. The van der Waals surface area contributed by atoms with Crippen molar-refractivity contribution in [2.24, 2.45) is 11.7 Å². The van der Waals surface area contributed by atoms with E-state index >= 15 is 0 Å². The van der Waals surface area contributed by atoms with E-state index < -0.39 is 5.82 Å². The number of aromatic nitrogens is 2. The minimum Gasteiger partial charge on any atom is -0.469 e. The Morgan fingerprint density at radius 1 is 1.50 bits per heavy atom. The summed E-state index contributed by atoms with van der Waals surface area (Å²) in [6.07, 6.45) is 7.49. The van der Waals surface area contributed by atoms with Gasteiger partial charge in [-0.3, -0.25) is 4.79 Å². The Hall–Kier alpha value is -2.44. The summed E-state index contributed by atoms with van der Waals surface area (Å²) in [7, 11) is 1.37. The number of methoxy groups -OCH3 is 1. The van der Waals surface area contributed by atoms with Crippen molar-refractivity contribution >= 4 is 35.8 Å². The van der Waals surface area contributed by atoms with Crippen LogP contribution in [0.1, 0.15) is 22.8 Å². The first kappa shape index (κ1) is 18.4. The van der Waals surface area contributed by atoms with Crippen LogP contribution in [-0.4, -0.2) is 29.2 Å². The lowest BCUT2D eigenvalue weighted by Gasteiger charge is -2.15. The van der Waals surface area contributed by atoms with Crippen LogP contribution in [0.5, 0.6) is 0 Å². The number of fused-ring (bicyclic) bond motifs is 1. The number of carbonyl (C=O) groups excluding carboxylic acids is 1. The van der Waals surface area contributed by atoms with E-state index in [1.807, 2.05) is 16.7 Å². The molecule has 0 radical (unpaired) electrons. The number of ether oxygens (including phenoxy) is 1. The van der Waals surface area contributed by atoms with Gasteiger partial charge in [0.05, 0.1) is 29.4 Å². The van der Waals surface area contributed by atoms with Crippen molar-refractivity contribution < 1.29 is 13.9 Å². The SMILES string of the molecule is COC(=O)C1C=Cc2c(nc(/C=C/c3cccc(Cl)c3F)n2CCN)C1. The van der Waals surface area contributed by atoms with Crippen LogP contribution in [0, 0.1) is 11.7 Å². The zero-order valence-corrected chi connectivity index (χ0v) is 15.0. The molecule has 1 aromatic heterocycles. The van der Waals surface area contributed by atoms with Crippen LogP contribution in [-0.2, 0) is 22.5 Å². The molecule has 26 heavy (non-hydrogen) atoms. The number of nitrogens with zero attached hydrogens (tertiary/aromatic N) is 2. The topological polar surface area (TPSA) is 70.1 Å². The third-order valence-corrected chi connectivity index (χ3v) is 4.55. The Labute approximate surface area is 155 Å². The Bertz CT molecular complexity index is 889. The molecule has 0 bridgehead atoms. The zero-order valence-electron chi connectivity index (χ0n) is 14.3. The number of rotatable bonds is 5. The average Bonchev–Trinajstić information content (AvgIpc) is 2.99. The molecule has 7 heteroatoms. The zero-order chi connectivity index (χ0) is 18.7. The minimum absolute atomic E-state index is 0.0700. The molecule has 0 aliphatic heterocycles. The molecular weight excluding hydrogens is 357 g/mol. The maximum absolute atomic E-state index is 14.1. The van der Waals surface area contributed by atoms with E-state index in [2.05, 4.69) is 4.98 Å². The molecule has 2 aromatic rings. The van der Waals surface area contributed by atoms with Gasteiger partial charge in [-0.05, 0) is 24.3 Å². The maximum Gasteiger partial charge on any atom is 0.312 e. The van der Waals surface area contributed by atoms with Gasteiger partial charge in [0.1, 0.15) is 11.6 Å². The van der Waals surface area contributed by atoms with Gasteiger partial charge in [-0.15, -0.1) is 0 Å². The van der Waals surface area contributed by atoms with Gasteiger partial charge in [0.25, 0.3) is 0 Å². The molecule has 1 heterocycles. The number of halogens is 2. The van der Waals surface area contributed by atoms with Gasteiger partial charge in [-0.1, -0.05) is 29.8 Å². The minimum atomic E-state index is -0.474. The van der Waals surface area contributed by atoms with Crippen molar-refractivity contribution in [2.45, 2.75) is 13.0 Å². The van der Waals surface area contributed by atoms with Crippen LogP contribution in [0.4, 0.5) is 4.39 Å². The van der Waals surface area contributed by atoms with Crippen molar-refractivity contribution in [3.63, 3.8) is 0 Å². The van der Waals surface area contributed by atoms with Crippen LogP contribution < -0.4 is 5.73 Å². The molecule has 0 spiro atoms. The second-order valence-corrected chi connectivity index (χ2v) is 6.32. The molecule has 1 aliphatic rings. The molecular formula is C19H19ClFN3O2. The highest BCUT2D eigenvalue weighted by atomic mass is 35.5. The van der Waals surface area contributed by atoms with Gasteiger partial charge in [-0.2, -0.15) is 0 Å². The summed E-state index contributed by atoms with van der Waals surface area (Å²) in [5.41, 5.74) is 7.80. The molecule has 2 N–H and O–H groups in total. The highest BCUT2D eigenvalue weighted by Crippen LogP contribution is 2.26. The monoisotopic (exact) mass is 375 g/mol. The molecule has 1 aromatic carbocycles. The summed E-state index contributed by atoms with van der Waals surface area (Å²) < 4.78 is 20.8. The number of carbonyl (C=O) groups is 1. The van der Waals surface area contributed by atoms with Gasteiger partial charge in [0.15, 0.2) is 0 Å². The first-order chi connectivity index (χ1) is 12.5. The highest BCUT2D eigenvalue weighted by Gasteiger charge is 2.25. The Balaban J connectivity index is 1.95. The fraction of sp³-hybridized carbons (Fsp3) is 0.263. The van der Waals surface area contributed by atoms with Crippen molar-refractivity contribution in [1.82, 2.24) is 9.55 Å². The van der Waals surface area contributed by atoms with Gasteiger partial charge in [0, 0.05) is 25.1 Å². The van der Waals surface area contributed by atoms with Crippen molar-refractivity contribution in [1.29, 1.82) is 0 Å². The normalized spacial score (nSPS) is 16.1. The van der Waals surface area contributed by atoms with Gasteiger partial charge < -0.3 is 15.0 Å². The molecule has 0 saturated heterocycles. The van der Waals surface area contributed by atoms with Gasteiger partial charge in [0.2, 0.25) is 0 Å². The van der Waals surface area contributed by atoms with Gasteiger partial charge >= 0.3 is 5.97 Å². The fourth-order valence-corrected chi connectivity index (χ4v) is 3.16. The quantitative estimate of drug-likeness (QED) is 0.815. The number of nitrogens with two attached hydrogens (primary N) is 1. The predicted molar refractivity (Wildman–Crippen MR) is 99.9 cm³/mol. The summed E-state index contributed by atoms with van der Waals surface area (Å²) in [4.78, 5) is 16.4. The summed E-state index contributed by atoms with van der Waals surface area (Å²) in [5.74, 6) is -0.470. The molecule has 1 atom stereocenters. The number of imidazole rings is 1. The van der Waals surface area contributed by atoms with Crippen molar-refractivity contribution in [3.8, 4) is 0 Å². The molecule has 0 fully saturated rings. The lowest BCUT2D eigenvalue weighted by atomic mass is 9.96. The summed E-state index contributed by atoms with van der Waals surface area (Å²) in [6, 6.07) is 4.83. The number of hydrogen-bond acceptors (Lipinski definition) is 4. The maximum atomic E-state index is 14.1. The van der Waals surface area contributed by atoms with E-state index in [-0.39, 0.29) is 16.9 Å².